The first-order valence-electron chi connectivity index (χ1n) is 7.84. The SMILES string of the molecule is OCC1=CC[C@@H]2C=COC(O[C@H]3O[C@](O)(CO)C(O)(O)[C@H](O)[C@H]3O)[C@@H]12. The number of hydrogen-bond donors (Lipinski definition) is 7. The van der Waals surface area contributed by atoms with Crippen LogP contribution in [0.25, 0.3) is 0 Å². The predicted octanol–water partition coefficient (Wildman–Crippen LogP) is -3.13. The molecule has 1 saturated heterocycles. The molecule has 1 aliphatic carbocycles. The minimum atomic E-state index is -3.32. The van der Waals surface area contributed by atoms with Crippen LogP contribution in [0.15, 0.2) is 24.0 Å². The summed E-state index contributed by atoms with van der Waals surface area (Å²) in [6.45, 7) is -1.49. The molecule has 0 spiro atoms. The maximum absolute atomic E-state index is 10.1. The van der Waals surface area contributed by atoms with Gasteiger partial charge < -0.3 is 50.0 Å². The van der Waals surface area contributed by atoms with E-state index in [0.29, 0.717) is 12.0 Å². The van der Waals surface area contributed by atoms with Crippen molar-refractivity contribution < 1.29 is 50.0 Å². The summed E-state index contributed by atoms with van der Waals surface area (Å²) in [4.78, 5) is 0. The van der Waals surface area contributed by atoms with Crippen LogP contribution in [0.3, 0.4) is 0 Å². The van der Waals surface area contributed by atoms with Crippen LogP contribution in [0.5, 0.6) is 0 Å². The Bertz CT molecular complexity index is 561. The average Bonchev–Trinajstić information content (AvgIpc) is 3.02. The Labute approximate surface area is 142 Å². The molecular weight excluding hydrogens is 340 g/mol. The van der Waals surface area contributed by atoms with Crippen molar-refractivity contribution in [3.63, 3.8) is 0 Å². The molecule has 0 saturated carbocycles. The van der Waals surface area contributed by atoms with Gasteiger partial charge in [0.1, 0.15) is 18.8 Å². The first-order chi connectivity index (χ1) is 11.7. The third-order valence-electron chi connectivity index (χ3n) is 4.94. The monoisotopic (exact) mass is 362 g/mol. The van der Waals surface area contributed by atoms with Gasteiger partial charge >= 0.3 is 0 Å². The van der Waals surface area contributed by atoms with Gasteiger partial charge in [-0.25, -0.2) is 0 Å². The molecule has 7 N–H and O–H groups in total. The Morgan fingerprint density at radius 3 is 2.52 bits per heavy atom. The summed E-state index contributed by atoms with van der Waals surface area (Å²) < 4.78 is 15.8. The molecule has 2 aliphatic heterocycles. The molecule has 10 heteroatoms. The topological polar surface area (TPSA) is 169 Å². The zero-order chi connectivity index (χ0) is 18.4. The van der Waals surface area contributed by atoms with Crippen molar-refractivity contribution in [3.05, 3.63) is 24.0 Å². The van der Waals surface area contributed by atoms with Gasteiger partial charge in [-0.15, -0.1) is 0 Å². The Morgan fingerprint density at radius 2 is 1.88 bits per heavy atom. The molecule has 25 heavy (non-hydrogen) atoms. The normalized spacial score (nSPS) is 45.6. The van der Waals surface area contributed by atoms with E-state index in [9.17, 15) is 35.7 Å². The highest BCUT2D eigenvalue weighted by molar-refractivity contribution is 5.21. The van der Waals surface area contributed by atoms with Crippen LogP contribution in [0.4, 0.5) is 0 Å². The minimum Gasteiger partial charge on any atom is -0.472 e. The maximum atomic E-state index is 10.1. The number of hydrogen-bond acceptors (Lipinski definition) is 10. The summed E-state index contributed by atoms with van der Waals surface area (Å²) >= 11 is 0. The van der Waals surface area contributed by atoms with E-state index in [0.717, 1.165) is 0 Å². The number of aliphatic hydroxyl groups excluding tert-OH is 4. The van der Waals surface area contributed by atoms with Crippen LogP contribution in [-0.4, -0.2) is 85.3 Å². The Balaban J connectivity index is 1.80. The smallest absolute Gasteiger partial charge is 0.250 e. The van der Waals surface area contributed by atoms with E-state index in [-0.39, 0.29) is 18.4 Å². The lowest BCUT2D eigenvalue weighted by atomic mass is 9.89. The van der Waals surface area contributed by atoms with E-state index in [2.05, 4.69) is 0 Å². The van der Waals surface area contributed by atoms with Crippen LogP contribution in [0.1, 0.15) is 6.42 Å². The van der Waals surface area contributed by atoms with Crippen molar-refractivity contribution in [3.8, 4) is 0 Å². The van der Waals surface area contributed by atoms with E-state index in [4.69, 9.17) is 14.2 Å². The summed E-state index contributed by atoms with van der Waals surface area (Å²) in [6.07, 6.45) is -1.28. The fraction of sp³-hybridized carbons (Fsp3) is 0.733. The number of fused-ring (bicyclic) bond motifs is 1. The Morgan fingerprint density at radius 1 is 1.16 bits per heavy atom. The third-order valence-corrected chi connectivity index (χ3v) is 4.94. The Hall–Kier alpha value is -1.08. The molecule has 0 aromatic carbocycles. The van der Waals surface area contributed by atoms with Crippen LogP contribution in [0, 0.1) is 11.8 Å². The Kier molecular flexibility index (Phi) is 4.92. The van der Waals surface area contributed by atoms with E-state index in [1.165, 1.54) is 6.26 Å². The fourth-order valence-corrected chi connectivity index (χ4v) is 3.38. The van der Waals surface area contributed by atoms with E-state index < -0.39 is 43.0 Å². The second kappa shape index (κ2) is 6.58. The highest BCUT2D eigenvalue weighted by Crippen LogP contribution is 2.42. The molecule has 0 radical (unpaired) electrons. The van der Waals surface area contributed by atoms with Gasteiger partial charge in [0.25, 0.3) is 5.79 Å². The minimum absolute atomic E-state index is 0.00180. The molecule has 3 rings (SSSR count). The standard InChI is InChI=1S/C15H22O10/c16-5-8-2-1-7-3-4-23-12(9(7)8)24-13-10(18)11(19)15(21,22)14(20,6-17)25-13/h2-4,7,9-13,16-22H,1,5-6H2/t7-,9-,10-,11-,12?,13+,14-/m1/s1. The van der Waals surface area contributed by atoms with Crippen molar-refractivity contribution in [1.82, 2.24) is 0 Å². The van der Waals surface area contributed by atoms with E-state index in [1.807, 2.05) is 6.08 Å². The molecule has 0 amide bonds. The molecule has 2 heterocycles. The number of allylic oxidation sites excluding steroid dienone is 2. The highest BCUT2D eigenvalue weighted by Gasteiger charge is 2.64. The van der Waals surface area contributed by atoms with Crippen LogP contribution in [0.2, 0.25) is 0 Å². The zero-order valence-electron chi connectivity index (χ0n) is 13.2. The van der Waals surface area contributed by atoms with Gasteiger partial charge in [0.15, 0.2) is 6.29 Å². The van der Waals surface area contributed by atoms with Gasteiger partial charge in [0, 0.05) is 0 Å². The molecule has 1 unspecified atom stereocenters. The number of ether oxygens (including phenoxy) is 3. The fourth-order valence-electron chi connectivity index (χ4n) is 3.38. The third kappa shape index (κ3) is 2.89. The molecular formula is C15H22O10. The molecule has 7 atom stereocenters. The lowest BCUT2D eigenvalue weighted by molar-refractivity contribution is -0.484. The molecule has 142 valence electrons. The van der Waals surface area contributed by atoms with Gasteiger partial charge in [-0.05, 0) is 24.0 Å². The van der Waals surface area contributed by atoms with Crippen molar-refractivity contribution in [2.24, 2.45) is 11.8 Å². The second-order valence-electron chi connectivity index (χ2n) is 6.42. The number of aliphatic hydroxyl groups is 7. The molecule has 1 fully saturated rings. The molecule has 10 nitrogen and oxygen atoms in total. The van der Waals surface area contributed by atoms with E-state index in [1.54, 1.807) is 6.08 Å². The molecule has 3 aliphatic rings. The molecule has 0 aromatic heterocycles. The molecule has 0 bridgehead atoms. The van der Waals surface area contributed by atoms with Gasteiger partial charge in [0.2, 0.25) is 12.1 Å². The quantitative estimate of drug-likeness (QED) is 0.200. The summed E-state index contributed by atoms with van der Waals surface area (Å²) in [5.74, 6) is -6.68. The van der Waals surface area contributed by atoms with Crippen LogP contribution >= 0.6 is 0 Å². The number of rotatable bonds is 4. The highest BCUT2D eigenvalue weighted by atomic mass is 16.8. The first kappa shape index (κ1) is 18.7. The van der Waals surface area contributed by atoms with Gasteiger partial charge in [-0.2, -0.15) is 0 Å². The van der Waals surface area contributed by atoms with Gasteiger partial charge in [-0.1, -0.05) is 6.08 Å². The lowest BCUT2D eigenvalue weighted by Gasteiger charge is -2.49. The van der Waals surface area contributed by atoms with Crippen LogP contribution in [-0.2, 0) is 14.2 Å². The largest absolute Gasteiger partial charge is 0.472 e. The molecule has 0 aromatic rings. The second-order valence-corrected chi connectivity index (χ2v) is 6.42. The van der Waals surface area contributed by atoms with Crippen molar-refractivity contribution in [2.45, 2.75) is 42.8 Å². The average molecular weight is 362 g/mol. The van der Waals surface area contributed by atoms with Crippen molar-refractivity contribution in [1.29, 1.82) is 0 Å². The van der Waals surface area contributed by atoms with Crippen molar-refractivity contribution >= 4 is 0 Å². The maximum Gasteiger partial charge on any atom is 0.250 e. The van der Waals surface area contributed by atoms with Gasteiger partial charge in [-0.3, -0.25) is 0 Å². The lowest BCUT2D eigenvalue weighted by Crippen LogP contribution is -2.74. The summed E-state index contributed by atoms with van der Waals surface area (Å²) in [5, 5.41) is 68.1. The summed E-state index contributed by atoms with van der Waals surface area (Å²) in [6, 6.07) is 0. The van der Waals surface area contributed by atoms with Crippen LogP contribution < -0.4 is 0 Å². The predicted molar refractivity (Wildman–Crippen MR) is 78.0 cm³/mol. The zero-order valence-corrected chi connectivity index (χ0v) is 13.2. The first-order valence-corrected chi connectivity index (χ1v) is 7.84. The van der Waals surface area contributed by atoms with Gasteiger partial charge in [0.05, 0.1) is 18.8 Å². The van der Waals surface area contributed by atoms with Crippen molar-refractivity contribution in [2.75, 3.05) is 13.2 Å². The summed E-state index contributed by atoms with van der Waals surface area (Å²) in [5.41, 5.74) is 0.668. The van der Waals surface area contributed by atoms with E-state index >= 15 is 0 Å². The summed E-state index contributed by atoms with van der Waals surface area (Å²) in [7, 11) is 0.